The SMILES string of the molecule is CCOC(=O)C(C)(C)c1ccc([N+](=O)[O-])c(F)c1. The molecule has 0 amide bonds. The van der Waals surface area contributed by atoms with Gasteiger partial charge in [0.25, 0.3) is 0 Å². The van der Waals surface area contributed by atoms with Crippen molar-refractivity contribution in [3.05, 3.63) is 39.7 Å². The number of benzene rings is 1. The third-order valence-corrected chi connectivity index (χ3v) is 2.65. The van der Waals surface area contributed by atoms with Crippen molar-refractivity contribution in [3.8, 4) is 0 Å². The minimum absolute atomic E-state index is 0.220. The molecular formula is C12H14FNO4. The van der Waals surface area contributed by atoms with Crippen molar-refractivity contribution in [2.75, 3.05) is 6.61 Å². The molecule has 0 atom stereocenters. The van der Waals surface area contributed by atoms with E-state index in [0.717, 1.165) is 12.1 Å². The predicted octanol–water partition coefficient (Wildman–Crippen LogP) is 2.57. The molecule has 0 saturated heterocycles. The highest BCUT2D eigenvalue weighted by Crippen LogP contribution is 2.28. The Morgan fingerprint density at radius 1 is 1.50 bits per heavy atom. The van der Waals surface area contributed by atoms with Crippen LogP contribution >= 0.6 is 0 Å². The largest absolute Gasteiger partial charge is 0.465 e. The second-order valence-electron chi connectivity index (χ2n) is 4.27. The fourth-order valence-electron chi connectivity index (χ4n) is 1.47. The molecule has 0 aromatic heterocycles. The Balaban J connectivity index is 3.14. The first-order valence-corrected chi connectivity index (χ1v) is 5.42. The second kappa shape index (κ2) is 5.12. The molecule has 0 aliphatic heterocycles. The van der Waals surface area contributed by atoms with Gasteiger partial charge in [0.05, 0.1) is 16.9 Å². The summed E-state index contributed by atoms with van der Waals surface area (Å²) in [6.07, 6.45) is 0. The van der Waals surface area contributed by atoms with Gasteiger partial charge in [-0.05, 0) is 32.4 Å². The second-order valence-corrected chi connectivity index (χ2v) is 4.27. The number of hydrogen-bond acceptors (Lipinski definition) is 4. The smallest absolute Gasteiger partial charge is 0.315 e. The van der Waals surface area contributed by atoms with Gasteiger partial charge in [0.1, 0.15) is 0 Å². The number of nitrogens with zero attached hydrogens (tertiary/aromatic N) is 1. The Morgan fingerprint density at radius 2 is 2.11 bits per heavy atom. The molecule has 1 aromatic carbocycles. The zero-order chi connectivity index (χ0) is 13.9. The van der Waals surface area contributed by atoms with E-state index >= 15 is 0 Å². The predicted molar refractivity (Wildman–Crippen MR) is 62.7 cm³/mol. The third-order valence-electron chi connectivity index (χ3n) is 2.65. The van der Waals surface area contributed by atoms with Crippen molar-refractivity contribution in [2.24, 2.45) is 0 Å². The maximum Gasteiger partial charge on any atom is 0.315 e. The number of carbonyl (C=O) groups is 1. The molecule has 18 heavy (non-hydrogen) atoms. The average molecular weight is 255 g/mol. The van der Waals surface area contributed by atoms with Gasteiger partial charge < -0.3 is 4.74 Å². The van der Waals surface area contributed by atoms with Crippen LogP contribution in [0.1, 0.15) is 26.3 Å². The zero-order valence-corrected chi connectivity index (χ0v) is 10.4. The Hall–Kier alpha value is -1.98. The van der Waals surface area contributed by atoms with Gasteiger partial charge >= 0.3 is 11.7 Å². The lowest BCUT2D eigenvalue weighted by Gasteiger charge is -2.22. The van der Waals surface area contributed by atoms with Crippen LogP contribution in [0.4, 0.5) is 10.1 Å². The molecule has 1 rings (SSSR count). The van der Waals surface area contributed by atoms with E-state index in [9.17, 15) is 19.3 Å². The summed E-state index contributed by atoms with van der Waals surface area (Å²) >= 11 is 0. The number of nitro benzene ring substituents is 1. The van der Waals surface area contributed by atoms with Gasteiger partial charge in [-0.25, -0.2) is 0 Å². The topological polar surface area (TPSA) is 69.4 Å². The van der Waals surface area contributed by atoms with Crippen LogP contribution in [0, 0.1) is 15.9 Å². The summed E-state index contributed by atoms with van der Waals surface area (Å²) in [5, 5.41) is 10.5. The van der Waals surface area contributed by atoms with Gasteiger partial charge in [0.15, 0.2) is 0 Å². The Morgan fingerprint density at radius 3 is 2.56 bits per heavy atom. The summed E-state index contributed by atoms with van der Waals surface area (Å²) in [4.78, 5) is 21.4. The Bertz CT molecular complexity index is 485. The van der Waals surface area contributed by atoms with Gasteiger partial charge in [-0.3, -0.25) is 14.9 Å². The summed E-state index contributed by atoms with van der Waals surface area (Å²) in [6.45, 7) is 5.04. The molecular weight excluding hydrogens is 241 g/mol. The molecule has 0 spiro atoms. The molecule has 6 heteroatoms. The number of ether oxygens (including phenoxy) is 1. The number of esters is 1. The normalized spacial score (nSPS) is 11.1. The number of rotatable bonds is 4. The van der Waals surface area contributed by atoms with Crippen molar-refractivity contribution in [1.29, 1.82) is 0 Å². The first-order valence-electron chi connectivity index (χ1n) is 5.42. The van der Waals surface area contributed by atoms with Gasteiger partial charge in [-0.15, -0.1) is 0 Å². The molecule has 0 radical (unpaired) electrons. The number of hydrogen-bond donors (Lipinski definition) is 0. The summed E-state index contributed by atoms with van der Waals surface area (Å²) in [7, 11) is 0. The molecule has 0 bridgehead atoms. The molecule has 1 aromatic rings. The van der Waals surface area contributed by atoms with Gasteiger partial charge in [0.2, 0.25) is 5.82 Å². The quantitative estimate of drug-likeness (QED) is 0.471. The van der Waals surface area contributed by atoms with Crippen molar-refractivity contribution in [2.45, 2.75) is 26.2 Å². The molecule has 0 N–H and O–H groups in total. The molecule has 5 nitrogen and oxygen atoms in total. The van der Waals surface area contributed by atoms with Gasteiger partial charge in [0, 0.05) is 6.07 Å². The molecule has 0 aliphatic carbocycles. The fraction of sp³-hybridized carbons (Fsp3) is 0.417. The van der Waals surface area contributed by atoms with Crippen LogP contribution in [0.3, 0.4) is 0 Å². The van der Waals surface area contributed by atoms with E-state index in [2.05, 4.69) is 0 Å². The Kier molecular flexibility index (Phi) is 4.00. The first kappa shape index (κ1) is 14.1. The average Bonchev–Trinajstić information content (AvgIpc) is 2.28. The van der Waals surface area contributed by atoms with E-state index in [-0.39, 0.29) is 6.61 Å². The summed E-state index contributed by atoms with van der Waals surface area (Å²) in [5.41, 5.74) is -1.33. The highest BCUT2D eigenvalue weighted by molar-refractivity contribution is 5.82. The number of halogens is 1. The van der Waals surface area contributed by atoms with Gasteiger partial charge in [-0.2, -0.15) is 4.39 Å². The van der Waals surface area contributed by atoms with Crippen LogP contribution in [0.5, 0.6) is 0 Å². The molecule has 0 heterocycles. The minimum atomic E-state index is -1.05. The van der Waals surface area contributed by atoms with Crippen LogP contribution in [0.15, 0.2) is 18.2 Å². The van der Waals surface area contributed by atoms with E-state index in [1.807, 2.05) is 0 Å². The first-order chi connectivity index (χ1) is 8.30. The van der Waals surface area contributed by atoms with Crippen molar-refractivity contribution in [1.82, 2.24) is 0 Å². The summed E-state index contributed by atoms with van der Waals surface area (Å²) < 4.78 is 18.4. The van der Waals surface area contributed by atoms with E-state index in [1.165, 1.54) is 6.07 Å². The van der Waals surface area contributed by atoms with E-state index in [0.29, 0.717) is 5.56 Å². The zero-order valence-electron chi connectivity index (χ0n) is 10.4. The van der Waals surface area contributed by atoms with Crippen LogP contribution < -0.4 is 0 Å². The fourth-order valence-corrected chi connectivity index (χ4v) is 1.47. The standard InChI is InChI=1S/C12H14FNO4/c1-4-18-11(15)12(2,3)8-5-6-10(14(16)17)9(13)7-8/h5-7H,4H2,1-3H3. The Labute approximate surface area is 104 Å². The lowest BCUT2D eigenvalue weighted by atomic mass is 9.84. The number of carbonyl (C=O) groups excluding carboxylic acids is 1. The molecule has 0 unspecified atom stereocenters. The number of nitro groups is 1. The van der Waals surface area contributed by atoms with Crippen LogP contribution in [0.2, 0.25) is 0 Å². The molecule has 0 aliphatic rings. The third kappa shape index (κ3) is 2.64. The van der Waals surface area contributed by atoms with Gasteiger partial charge in [-0.1, -0.05) is 6.07 Å². The van der Waals surface area contributed by atoms with Crippen molar-refractivity contribution in [3.63, 3.8) is 0 Å². The van der Waals surface area contributed by atoms with Crippen LogP contribution in [-0.2, 0) is 14.9 Å². The van der Waals surface area contributed by atoms with Crippen LogP contribution in [0.25, 0.3) is 0 Å². The van der Waals surface area contributed by atoms with E-state index in [4.69, 9.17) is 4.74 Å². The van der Waals surface area contributed by atoms with Crippen molar-refractivity contribution < 1.29 is 18.8 Å². The maximum atomic E-state index is 13.5. The maximum absolute atomic E-state index is 13.5. The lowest BCUT2D eigenvalue weighted by Crippen LogP contribution is -2.31. The summed E-state index contributed by atoms with van der Waals surface area (Å²) in [5.74, 6) is -1.46. The monoisotopic (exact) mass is 255 g/mol. The molecule has 0 fully saturated rings. The van der Waals surface area contributed by atoms with E-state index < -0.39 is 27.8 Å². The van der Waals surface area contributed by atoms with E-state index in [1.54, 1.807) is 20.8 Å². The minimum Gasteiger partial charge on any atom is -0.465 e. The highest BCUT2D eigenvalue weighted by atomic mass is 19.1. The lowest BCUT2D eigenvalue weighted by molar-refractivity contribution is -0.387. The summed E-state index contributed by atoms with van der Waals surface area (Å²) in [6, 6.07) is 3.40. The van der Waals surface area contributed by atoms with Crippen LogP contribution in [-0.4, -0.2) is 17.5 Å². The highest BCUT2D eigenvalue weighted by Gasteiger charge is 2.32. The molecule has 98 valence electrons. The van der Waals surface area contributed by atoms with Crippen molar-refractivity contribution >= 4 is 11.7 Å². The molecule has 0 saturated carbocycles.